The molecule has 2 nitrogen and oxygen atoms in total. The molecule has 1 heterocycles. The number of hydrogen-bond donors (Lipinski definition) is 0. The Kier molecular flexibility index (Phi) is 2.29. The van der Waals surface area contributed by atoms with Crippen molar-refractivity contribution >= 4 is 6.08 Å². The Bertz CT molecular complexity index is 213. The van der Waals surface area contributed by atoms with Crippen molar-refractivity contribution in [3.05, 3.63) is 30.2 Å². The molecular weight excluding hydrogens is 128 g/mol. The maximum absolute atomic E-state index is 5.23. The summed E-state index contributed by atoms with van der Waals surface area (Å²) in [5, 5.41) is 0. The van der Waals surface area contributed by atoms with Gasteiger partial charge >= 0.3 is 0 Å². The van der Waals surface area contributed by atoms with Gasteiger partial charge in [0.2, 0.25) is 0 Å². The lowest BCUT2D eigenvalue weighted by Gasteiger charge is -1.90. The Morgan fingerprint density at radius 2 is 2.50 bits per heavy atom. The lowest BCUT2D eigenvalue weighted by molar-refractivity contribution is 0.164. The summed E-state index contributed by atoms with van der Waals surface area (Å²) in [6.07, 6.45) is 1.67. The molecule has 0 atom stereocenters. The molecular formula is C8H10O2. The molecule has 0 aliphatic heterocycles. The molecule has 0 aromatic carbocycles. The summed E-state index contributed by atoms with van der Waals surface area (Å²) in [7, 11) is 1.64. The molecule has 0 saturated heterocycles. The van der Waals surface area contributed by atoms with Crippen LogP contribution in [0.15, 0.2) is 23.1 Å². The highest BCUT2D eigenvalue weighted by molar-refractivity contribution is 5.39. The molecule has 10 heavy (non-hydrogen) atoms. The third-order valence-corrected chi connectivity index (χ3v) is 1.17. The first-order valence-electron chi connectivity index (χ1n) is 3.07. The third-order valence-electron chi connectivity index (χ3n) is 1.17. The van der Waals surface area contributed by atoms with E-state index in [0.717, 1.165) is 11.5 Å². The van der Waals surface area contributed by atoms with Crippen LogP contribution in [-0.2, 0) is 11.3 Å². The fraction of sp³-hybridized carbons (Fsp3) is 0.250. The van der Waals surface area contributed by atoms with Gasteiger partial charge in [0.25, 0.3) is 0 Å². The Morgan fingerprint density at radius 3 is 3.00 bits per heavy atom. The van der Waals surface area contributed by atoms with Gasteiger partial charge in [-0.1, -0.05) is 6.58 Å². The fourth-order valence-corrected chi connectivity index (χ4v) is 0.724. The average Bonchev–Trinajstić information content (AvgIpc) is 2.37. The van der Waals surface area contributed by atoms with E-state index in [0.29, 0.717) is 6.61 Å². The van der Waals surface area contributed by atoms with Gasteiger partial charge in [-0.3, -0.25) is 0 Å². The molecule has 0 N–H and O–H groups in total. The van der Waals surface area contributed by atoms with E-state index in [1.807, 2.05) is 12.1 Å². The van der Waals surface area contributed by atoms with Crippen molar-refractivity contribution < 1.29 is 9.15 Å². The molecule has 0 fully saturated rings. The molecule has 1 aromatic rings. The monoisotopic (exact) mass is 138 g/mol. The standard InChI is InChI=1S/C8H10O2/c1-3-7-4-5-8(10-7)6-9-2/h3-5H,1,6H2,2H3. The lowest BCUT2D eigenvalue weighted by Crippen LogP contribution is -1.81. The highest BCUT2D eigenvalue weighted by Gasteiger charge is 1.95. The van der Waals surface area contributed by atoms with E-state index in [1.54, 1.807) is 13.2 Å². The van der Waals surface area contributed by atoms with E-state index in [1.165, 1.54) is 0 Å². The van der Waals surface area contributed by atoms with Gasteiger partial charge in [-0.05, 0) is 18.2 Å². The molecule has 0 saturated carbocycles. The van der Waals surface area contributed by atoms with Crippen molar-refractivity contribution in [2.45, 2.75) is 6.61 Å². The summed E-state index contributed by atoms with van der Waals surface area (Å²) in [6.45, 7) is 4.09. The van der Waals surface area contributed by atoms with Crippen LogP contribution in [0.4, 0.5) is 0 Å². The predicted molar refractivity (Wildman–Crippen MR) is 39.5 cm³/mol. The fourth-order valence-electron chi connectivity index (χ4n) is 0.724. The topological polar surface area (TPSA) is 22.4 Å². The molecule has 0 unspecified atom stereocenters. The van der Waals surface area contributed by atoms with E-state index < -0.39 is 0 Å². The van der Waals surface area contributed by atoms with Gasteiger partial charge in [-0.25, -0.2) is 0 Å². The van der Waals surface area contributed by atoms with Gasteiger partial charge in [0, 0.05) is 7.11 Å². The molecule has 54 valence electrons. The van der Waals surface area contributed by atoms with Gasteiger partial charge in [-0.15, -0.1) is 0 Å². The molecule has 1 rings (SSSR count). The highest BCUT2D eigenvalue weighted by atomic mass is 16.5. The molecule has 0 aliphatic rings. The van der Waals surface area contributed by atoms with Crippen LogP contribution in [0.2, 0.25) is 0 Å². The number of furan rings is 1. The minimum Gasteiger partial charge on any atom is -0.459 e. The van der Waals surface area contributed by atoms with E-state index >= 15 is 0 Å². The number of hydrogen-bond acceptors (Lipinski definition) is 2. The molecule has 0 radical (unpaired) electrons. The zero-order valence-corrected chi connectivity index (χ0v) is 5.96. The summed E-state index contributed by atoms with van der Waals surface area (Å²) < 4.78 is 10.1. The van der Waals surface area contributed by atoms with Gasteiger partial charge in [-0.2, -0.15) is 0 Å². The van der Waals surface area contributed by atoms with E-state index in [-0.39, 0.29) is 0 Å². The minimum absolute atomic E-state index is 0.522. The van der Waals surface area contributed by atoms with Crippen molar-refractivity contribution in [1.82, 2.24) is 0 Å². The van der Waals surface area contributed by atoms with Gasteiger partial charge in [0.1, 0.15) is 18.1 Å². The predicted octanol–water partition coefficient (Wildman–Crippen LogP) is 2.07. The summed E-state index contributed by atoms with van der Waals surface area (Å²) >= 11 is 0. The molecule has 0 aliphatic carbocycles. The van der Waals surface area contributed by atoms with Crippen LogP contribution in [0.3, 0.4) is 0 Å². The van der Waals surface area contributed by atoms with E-state index in [2.05, 4.69) is 6.58 Å². The van der Waals surface area contributed by atoms with Gasteiger partial charge in [0.15, 0.2) is 0 Å². The van der Waals surface area contributed by atoms with Crippen LogP contribution in [0.25, 0.3) is 6.08 Å². The second-order valence-corrected chi connectivity index (χ2v) is 1.94. The van der Waals surface area contributed by atoms with Gasteiger partial charge < -0.3 is 9.15 Å². The summed E-state index contributed by atoms with van der Waals surface area (Å²) in [4.78, 5) is 0. The third kappa shape index (κ3) is 1.48. The van der Waals surface area contributed by atoms with Crippen molar-refractivity contribution in [2.24, 2.45) is 0 Å². The molecule has 0 amide bonds. The van der Waals surface area contributed by atoms with Crippen LogP contribution in [0.5, 0.6) is 0 Å². The Morgan fingerprint density at radius 1 is 1.70 bits per heavy atom. The molecule has 2 heteroatoms. The lowest BCUT2D eigenvalue weighted by atomic mass is 10.4. The first-order valence-corrected chi connectivity index (χ1v) is 3.07. The number of ether oxygens (including phenoxy) is 1. The van der Waals surface area contributed by atoms with Crippen LogP contribution in [-0.4, -0.2) is 7.11 Å². The second-order valence-electron chi connectivity index (χ2n) is 1.94. The van der Waals surface area contributed by atoms with Crippen molar-refractivity contribution in [3.8, 4) is 0 Å². The number of rotatable bonds is 3. The quantitative estimate of drug-likeness (QED) is 0.638. The number of methoxy groups -OCH3 is 1. The average molecular weight is 138 g/mol. The van der Waals surface area contributed by atoms with Crippen molar-refractivity contribution in [2.75, 3.05) is 7.11 Å². The van der Waals surface area contributed by atoms with E-state index in [9.17, 15) is 0 Å². The van der Waals surface area contributed by atoms with Crippen molar-refractivity contribution in [3.63, 3.8) is 0 Å². The Labute approximate surface area is 60.1 Å². The highest BCUT2D eigenvalue weighted by Crippen LogP contribution is 2.08. The van der Waals surface area contributed by atoms with Gasteiger partial charge in [0.05, 0.1) is 0 Å². The molecule has 0 spiro atoms. The van der Waals surface area contributed by atoms with Crippen LogP contribution in [0.1, 0.15) is 11.5 Å². The molecule has 1 aromatic heterocycles. The first-order chi connectivity index (χ1) is 4.86. The largest absolute Gasteiger partial charge is 0.459 e. The van der Waals surface area contributed by atoms with Crippen LogP contribution in [0, 0.1) is 0 Å². The Balaban J connectivity index is 2.68. The minimum atomic E-state index is 0.522. The normalized spacial score (nSPS) is 9.70. The zero-order valence-electron chi connectivity index (χ0n) is 5.96. The Hall–Kier alpha value is -1.02. The maximum atomic E-state index is 5.23. The van der Waals surface area contributed by atoms with Crippen molar-refractivity contribution in [1.29, 1.82) is 0 Å². The summed E-state index contributed by atoms with van der Waals surface area (Å²) in [5.41, 5.74) is 0. The summed E-state index contributed by atoms with van der Waals surface area (Å²) in [5.74, 6) is 1.62. The zero-order chi connectivity index (χ0) is 7.40. The maximum Gasteiger partial charge on any atom is 0.130 e. The first kappa shape index (κ1) is 7.09. The van der Waals surface area contributed by atoms with Crippen LogP contribution < -0.4 is 0 Å². The van der Waals surface area contributed by atoms with E-state index in [4.69, 9.17) is 9.15 Å². The smallest absolute Gasteiger partial charge is 0.130 e. The van der Waals surface area contributed by atoms with Crippen LogP contribution >= 0.6 is 0 Å². The SMILES string of the molecule is C=Cc1ccc(COC)o1. The second kappa shape index (κ2) is 3.22. The summed E-state index contributed by atoms with van der Waals surface area (Å²) in [6, 6.07) is 3.74. The molecule has 0 bridgehead atoms.